The van der Waals surface area contributed by atoms with Crippen molar-refractivity contribution in [1.29, 1.82) is 0 Å². The number of nitrogens with zero attached hydrogens (tertiary/aromatic N) is 1. The summed E-state index contributed by atoms with van der Waals surface area (Å²) < 4.78 is 0. The van der Waals surface area contributed by atoms with E-state index in [0.29, 0.717) is 6.42 Å². The first kappa shape index (κ1) is 23.8. The van der Waals surface area contributed by atoms with Crippen LogP contribution in [0, 0.1) is 20.9 Å². The Kier molecular flexibility index (Phi) is 7.73. The molecule has 1 aromatic carbocycles. The van der Waals surface area contributed by atoms with Gasteiger partial charge in [0.1, 0.15) is 0 Å². The predicted octanol–water partition coefficient (Wildman–Crippen LogP) is 5.07. The minimum atomic E-state index is -1.09. The topological polar surface area (TPSA) is 101 Å². The fourth-order valence-electron chi connectivity index (χ4n) is 2.82. The zero-order valence-electron chi connectivity index (χ0n) is 16.8. The molecule has 0 amide bonds. The van der Waals surface area contributed by atoms with Crippen molar-refractivity contribution in [2.45, 2.75) is 60.5 Å². The Hall–Kier alpha value is -2.21. The Bertz CT molecular complexity index is 601. The quantitative estimate of drug-likeness (QED) is 0.441. The summed E-state index contributed by atoms with van der Waals surface area (Å²) >= 11 is 0. The number of hydrogen-bond donors (Lipinski definition) is 2. The highest BCUT2D eigenvalue weighted by atomic mass is 16.6. The third-order valence-corrected chi connectivity index (χ3v) is 4.36. The molecule has 0 aliphatic heterocycles. The van der Waals surface area contributed by atoms with Gasteiger partial charge in [-0.1, -0.05) is 47.1 Å². The number of hydrogen-bond acceptors (Lipinski definition) is 4. The van der Waals surface area contributed by atoms with Crippen LogP contribution in [0.3, 0.4) is 0 Å². The van der Waals surface area contributed by atoms with Gasteiger partial charge in [0.15, 0.2) is 0 Å². The van der Waals surface area contributed by atoms with Crippen molar-refractivity contribution in [3.63, 3.8) is 0 Å². The normalized spacial score (nSPS) is 12.0. The maximum Gasteiger partial charge on any atom is 0.335 e. The van der Waals surface area contributed by atoms with Crippen LogP contribution in [0.2, 0.25) is 0 Å². The monoisotopic (exact) mass is 365 g/mol. The standard InChI is InChI=1S/C13H26O.C7H5NO4/c1-10(2)9-13(14,11(3,4)5)12(6,7)8;9-7(10)5-1-3-6(4-2-5)8(11)12/h14H,1,9H2,2-8H3;1-4H,(H,9,10). The van der Waals surface area contributed by atoms with Crippen LogP contribution in [0.25, 0.3) is 0 Å². The Morgan fingerprint density at radius 2 is 1.46 bits per heavy atom. The van der Waals surface area contributed by atoms with Crippen molar-refractivity contribution in [3.05, 3.63) is 52.1 Å². The molecule has 146 valence electrons. The lowest BCUT2D eigenvalue weighted by atomic mass is 9.60. The number of aromatic carboxylic acids is 1. The molecule has 0 aliphatic rings. The van der Waals surface area contributed by atoms with Gasteiger partial charge in [-0.3, -0.25) is 10.1 Å². The van der Waals surface area contributed by atoms with Crippen molar-refractivity contribution in [2.24, 2.45) is 10.8 Å². The molecule has 0 heterocycles. The first-order chi connectivity index (χ1) is 11.5. The molecule has 6 nitrogen and oxygen atoms in total. The van der Waals surface area contributed by atoms with Crippen LogP contribution in [0.4, 0.5) is 5.69 Å². The average molecular weight is 365 g/mol. The molecular formula is C20H31NO5. The molecule has 1 aromatic rings. The molecule has 0 bridgehead atoms. The summed E-state index contributed by atoms with van der Waals surface area (Å²) in [7, 11) is 0. The van der Waals surface area contributed by atoms with Gasteiger partial charge in [-0.25, -0.2) is 4.79 Å². The van der Waals surface area contributed by atoms with E-state index < -0.39 is 16.5 Å². The number of aliphatic hydroxyl groups is 1. The predicted molar refractivity (Wildman–Crippen MR) is 103 cm³/mol. The summed E-state index contributed by atoms with van der Waals surface area (Å²) in [5, 5.41) is 29.4. The highest BCUT2D eigenvalue weighted by Gasteiger charge is 2.48. The highest BCUT2D eigenvalue weighted by molar-refractivity contribution is 5.87. The highest BCUT2D eigenvalue weighted by Crippen LogP contribution is 2.47. The lowest BCUT2D eigenvalue weighted by molar-refractivity contribution is -0.384. The minimum absolute atomic E-state index is 0.0422. The van der Waals surface area contributed by atoms with Crippen LogP contribution in [0.1, 0.15) is 65.2 Å². The van der Waals surface area contributed by atoms with Gasteiger partial charge in [-0.05, 0) is 36.3 Å². The Balaban J connectivity index is 0.000000485. The summed E-state index contributed by atoms with van der Waals surface area (Å²) in [6.07, 6.45) is 0.667. The summed E-state index contributed by atoms with van der Waals surface area (Å²) in [5.74, 6) is -1.09. The molecule has 0 saturated heterocycles. The largest absolute Gasteiger partial charge is 0.478 e. The number of carbonyl (C=O) groups is 1. The molecule has 0 spiro atoms. The zero-order chi connectivity index (χ0) is 20.9. The van der Waals surface area contributed by atoms with E-state index in [4.69, 9.17) is 5.11 Å². The van der Waals surface area contributed by atoms with Gasteiger partial charge in [-0.15, -0.1) is 6.58 Å². The van der Waals surface area contributed by atoms with E-state index in [-0.39, 0.29) is 22.1 Å². The van der Waals surface area contributed by atoms with E-state index in [1.54, 1.807) is 0 Å². The van der Waals surface area contributed by atoms with Crippen LogP contribution in [-0.2, 0) is 0 Å². The van der Waals surface area contributed by atoms with Gasteiger partial charge in [0.25, 0.3) is 5.69 Å². The zero-order valence-corrected chi connectivity index (χ0v) is 16.8. The maximum atomic E-state index is 10.8. The van der Waals surface area contributed by atoms with Crippen LogP contribution in [0.15, 0.2) is 36.4 Å². The van der Waals surface area contributed by atoms with E-state index in [1.165, 1.54) is 12.1 Å². The van der Waals surface area contributed by atoms with Gasteiger partial charge in [0.05, 0.1) is 16.1 Å². The second-order valence-corrected chi connectivity index (χ2v) is 8.60. The van der Waals surface area contributed by atoms with Crippen LogP contribution in [-0.4, -0.2) is 26.7 Å². The average Bonchev–Trinajstić information content (AvgIpc) is 2.44. The van der Waals surface area contributed by atoms with Gasteiger partial charge in [0.2, 0.25) is 0 Å². The number of non-ortho nitro benzene ring substituents is 1. The lowest BCUT2D eigenvalue weighted by Gasteiger charge is -2.50. The summed E-state index contributed by atoms with van der Waals surface area (Å²) in [6.45, 7) is 18.4. The number of nitro benzene ring substituents is 1. The number of carboxylic acid groups (broad SMARTS) is 1. The smallest absolute Gasteiger partial charge is 0.335 e. The molecule has 6 heteroatoms. The molecule has 0 aromatic heterocycles. The number of benzene rings is 1. The molecule has 0 aliphatic carbocycles. The van der Waals surface area contributed by atoms with Gasteiger partial charge in [-0.2, -0.15) is 0 Å². The Labute approximate surface area is 155 Å². The van der Waals surface area contributed by atoms with Crippen molar-refractivity contribution < 1.29 is 19.9 Å². The molecule has 0 radical (unpaired) electrons. The van der Waals surface area contributed by atoms with Gasteiger partial charge < -0.3 is 10.2 Å². The van der Waals surface area contributed by atoms with Crippen molar-refractivity contribution in [1.82, 2.24) is 0 Å². The molecule has 2 N–H and O–H groups in total. The summed E-state index contributed by atoms with van der Waals surface area (Å²) in [4.78, 5) is 19.9. The second kappa shape index (κ2) is 8.45. The maximum absolute atomic E-state index is 10.8. The van der Waals surface area contributed by atoms with E-state index in [2.05, 4.69) is 48.1 Å². The Morgan fingerprint density at radius 3 is 1.65 bits per heavy atom. The number of rotatable bonds is 4. The molecular weight excluding hydrogens is 334 g/mol. The van der Waals surface area contributed by atoms with E-state index in [0.717, 1.165) is 17.7 Å². The van der Waals surface area contributed by atoms with Crippen LogP contribution < -0.4 is 0 Å². The molecule has 0 unspecified atom stereocenters. The van der Waals surface area contributed by atoms with Crippen LogP contribution in [0.5, 0.6) is 0 Å². The molecule has 0 atom stereocenters. The molecule has 0 saturated carbocycles. The molecule has 0 fully saturated rings. The van der Waals surface area contributed by atoms with Crippen molar-refractivity contribution in [2.75, 3.05) is 0 Å². The van der Waals surface area contributed by atoms with E-state index in [1.807, 2.05) is 6.92 Å². The third kappa shape index (κ3) is 6.26. The fraction of sp³-hybridized carbons (Fsp3) is 0.550. The Morgan fingerprint density at radius 1 is 1.08 bits per heavy atom. The summed E-state index contributed by atoms with van der Waals surface area (Å²) in [6, 6.07) is 4.70. The van der Waals surface area contributed by atoms with Crippen molar-refractivity contribution >= 4 is 11.7 Å². The minimum Gasteiger partial charge on any atom is -0.478 e. The van der Waals surface area contributed by atoms with E-state index >= 15 is 0 Å². The summed E-state index contributed by atoms with van der Waals surface area (Å²) in [5.41, 5.74) is -0.00167. The fourth-order valence-corrected chi connectivity index (χ4v) is 2.82. The van der Waals surface area contributed by atoms with Crippen molar-refractivity contribution in [3.8, 4) is 0 Å². The van der Waals surface area contributed by atoms with Crippen LogP contribution >= 0.6 is 0 Å². The van der Waals surface area contributed by atoms with E-state index in [9.17, 15) is 20.0 Å². The SMILES string of the molecule is C=C(C)CC(O)(C(C)(C)C)C(C)(C)C.O=C(O)c1ccc([N+](=O)[O-])cc1. The van der Waals surface area contributed by atoms with Gasteiger partial charge >= 0.3 is 5.97 Å². The third-order valence-electron chi connectivity index (χ3n) is 4.36. The number of carboxylic acids is 1. The first-order valence-corrected chi connectivity index (χ1v) is 8.37. The first-order valence-electron chi connectivity index (χ1n) is 8.37. The molecule has 1 rings (SSSR count). The van der Waals surface area contributed by atoms with Gasteiger partial charge in [0, 0.05) is 12.1 Å². The second-order valence-electron chi connectivity index (χ2n) is 8.60. The molecule has 26 heavy (non-hydrogen) atoms. The number of nitro groups is 1. The lowest BCUT2D eigenvalue weighted by Crippen LogP contribution is -2.53.